The van der Waals surface area contributed by atoms with E-state index in [1.165, 1.54) is 21.9 Å². The van der Waals surface area contributed by atoms with E-state index in [4.69, 9.17) is 9.47 Å². The van der Waals surface area contributed by atoms with Crippen LogP contribution in [0.15, 0.2) is 42.0 Å². The molecule has 3 aromatic rings. The summed E-state index contributed by atoms with van der Waals surface area (Å²) >= 11 is 0. The van der Waals surface area contributed by atoms with Gasteiger partial charge in [0.25, 0.3) is 0 Å². The van der Waals surface area contributed by atoms with Gasteiger partial charge in [-0.2, -0.15) is 0 Å². The van der Waals surface area contributed by atoms with Crippen molar-refractivity contribution in [2.24, 2.45) is 5.92 Å². The second-order valence-corrected chi connectivity index (χ2v) is 10.3. The lowest BCUT2D eigenvalue weighted by Gasteiger charge is -2.40. The average Bonchev–Trinajstić information content (AvgIpc) is 3.07. The molecule has 1 aliphatic carbocycles. The first-order valence-corrected chi connectivity index (χ1v) is 11.5. The number of benzene rings is 2. The van der Waals surface area contributed by atoms with Gasteiger partial charge in [-0.1, -0.05) is 25.5 Å². The van der Waals surface area contributed by atoms with Gasteiger partial charge in [-0.15, -0.1) is 0 Å². The van der Waals surface area contributed by atoms with Crippen LogP contribution in [0.3, 0.4) is 0 Å². The molecule has 3 heteroatoms. The summed E-state index contributed by atoms with van der Waals surface area (Å²) < 4.78 is 13.0. The molecule has 0 saturated heterocycles. The first kappa shape index (κ1) is 20.2. The number of nitrogens with one attached hydrogen (secondary N) is 1. The Balaban J connectivity index is 1.59. The predicted molar refractivity (Wildman–Crippen MR) is 130 cm³/mol. The highest BCUT2D eigenvalue weighted by molar-refractivity contribution is 6.11. The summed E-state index contributed by atoms with van der Waals surface area (Å²) in [6.07, 6.45) is 9.85. The molecule has 3 nitrogen and oxygen atoms in total. The minimum atomic E-state index is -0.281. The van der Waals surface area contributed by atoms with E-state index in [1.54, 1.807) is 0 Å². The third-order valence-corrected chi connectivity index (χ3v) is 7.17. The van der Waals surface area contributed by atoms with Crippen molar-refractivity contribution >= 4 is 27.9 Å². The molecule has 2 aromatic carbocycles. The summed E-state index contributed by atoms with van der Waals surface area (Å²) in [6, 6.07) is 8.75. The molecule has 0 fully saturated rings. The van der Waals surface area contributed by atoms with Crippen molar-refractivity contribution in [2.75, 3.05) is 0 Å². The van der Waals surface area contributed by atoms with Crippen LogP contribution in [0, 0.1) is 12.8 Å². The molecule has 5 rings (SSSR count). The quantitative estimate of drug-likeness (QED) is 0.444. The molecule has 0 bridgehead atoms. The van der Waals surface area contributed by atoms with Crippen molar-refractivity contribution in [3.63, 3.8) is 0 Å². The van der Waals surface area contributed by atoms with E-state index in [9.17, 15) is 0 Å². The first-order chi connectivity index (χ1) is 14.7. The highest BCUT2D eigenvalue weighted by Crippen LogP contribution is 2.42. The van der Waals surface area contributed by atoms with Gasteiger partial charge in [0, 0.05) is 28.8 Å². The number of aryl methyl sites for hydroxylation is 1. The van der Waals surface area contributed by atoms with E-state index >= 15 is 0 Å². The smallest absolute Gasteiger partial charge is 0.132 e. The van der Waals surface area contributed by atoms with E-state index in [0.29, 0.717) is 5.92 Å². The average molecular weight is 416 g/mol. The Morgan fingerprint density at radius 3 is 2.61 bits per heavy atom. The number of H-pyrrole nitrogens is 1. The van der Waals surface area contributed by atoms with Crippen LogP contribution in [0.5, 0.6) is 11.5 Å². The number of allylic oxidation sites excluding steroid dienone is 1. The van der Waals surface area contributed by atoms with Crippen LogP contribution >= 0.6 is 0 Å². The van der Waals surface area contributed by atoms with Crippen LogP contribution in [0.1, 0.15) is 65.0 Å². The minimum absolute atomic E-state index is 0.128. The third-order valence-electron chi connectivity index (χ3n) is 7.17. The van der Waals surface area contributed by atoms with E-state index in [0.717, 1.165) is 47.4 Å². The molecule has 1 N–H and O–H groups in total. The van der Waals surface area contributed by atoms with Gasteiger partial charge in [0.2, 0.25) is 0 Å². The van der Waals surface area contributed by atoms with Gasteiger partial charge in [0.05, 0.1) is 11.0 Å². The van der Waals surface area contributed by atoms with Crippen molar-refractivity contribution in [2.45, 2.75) is 72.0 Å². The van der Waals surface area contributed by atoms with Crippen molar-refractivity contribution in [3.8, 4) is 11.5 Å². The maximum Gasteiger partial charge on any atom is 0.132 e. The van der Waals surface area contributed by atoms with Gasteiger partial charge < -0.3 is 14.5 Å². The number of fused-ring (bicyclic) bond motifs is 5. The third kappa shape index (κ3) is 3.35. The molecule has 1 atom stereocenters. The Bertz CT molecular complexity index is 1240. The summed E-state index contributed by atoms with van der Waals surface area (Å²) in [5.41, 5.74) is 5.62. The maximum absolute atomic E-state index is 6.72. The van der Waals surface area contributed by atoms with Crippen molar-refractivity contribution in [3.05, 3.63) is 53.1 Å². The molecule has 0 spiro atoms. The number of rotatable bonds is 3. The lowest BCUT2D eigenvalue weighted by Crippen LogP contribution is -2.42. The molecule has 1 unspecified atom stereocenters. The van der Waals surface area contributed by atoms with E-state index < -0.39 is 0 Å². The molecule has 0 saturated carbocycles. The monoisotopic (exact) mass is 415 g/mol. The zero-order valence-corrected chi connectivity index (χ0v) is 19.6. The highest BCUT2D eigenvalue weighted by atomic mass is 16.5. The number of hydrogen-bond acceptors (Lipinski definition) is 2. The normalized spacial score (nSPS) is 22.5. The maximum atomic E-state index is 6.72. The fourth-order valence-electron chi connectivity index (χ4n) is 5.04. The topological polar surface area (TPSA) is 34.2 Å². The predicted octanol–water partition coefficient (Wildman–Crippen LogP) is 7.72. The summed E-state index contributed by atoms with van der Waals surface area (Å²) in [5, 5.41) is 2.46. The second kappa shape index (κ2) is 6.91. The Labute approximate surface area is 185 Å². The molecule has 1 aliphatic heterocycles. The summed E-state index contributed by atoms with van der Waals surface area (Å²) in [7, 11) is 0. The van der Waals surface area contributed by atoms with Crippen LogP contribution in [-0.2, 0) is 0 Å². The summed E-state index contributed by atoms with van der Waals surface area (Å²) in [4.78, 5) is 3.66. The lowest BCUT2D eigenvalue weighted by atomic mass is 9.78. The first-order valence-electron chi connectivity index (χ1n) is 11.5. The fourth-order valence-corrected chi connectivity index (χ4v) is 5.04. The largest absolute Gasteiger partial charge is 0.487 e. The van der Waals surface area contributed by atoms with Gasteiger partial charge in [-0.05, 0) is 82.4 Å². The van der Waals surface area contributed by atoms with Gasteiger partial charge >= 0.3 is 0 Å². The number of aromatic nitrogens is 1. The van der Waals surface area contributed by atoms with E-state index in [1.807, 2.05) is 0 Å². The summed E-state index contributed by atoms with van der Waals surface area (Å²) in [6.45, 7) is 13.1. The molecule has 0 radical (unpaired) electrons. The molecule has 1 aromatic heterocycles. The Morgan fingerprint density at radius 1 is 1.10 bits per heavy atom. The number of ether oxygens (including phenoxy) is 2. The second-order valence-electron chi connectivity index (χ2n) is 10.3. The van der Waals surface area contributed by atoms with Crippen LogP contribution in [0.25, 0.3) is 27.9 Å². The Kier molecular flexibility index (Phi) is 4.51. The van der Waals surface area contributed by atoms with Crippen LogP contribution < -0.4 is 9.47 Å². The highest BCUT2D eigenvalue weighted by Gasteiger charge is 2.37. The van der Waals surface area contributed by atoms with Gasteiger partial charge in [-0.25, -0.2) is 0 Å². The molecule has 162 valence electrons. The summed E-state index contributed by atoms with van der Waals surface area (Å²) in [5.74, 6) is 2.38. The molecular formula is C28H33NO2. The zero-order valence-electron chi connectivity index (χ0n) is 19.6. The van der Waals surface area contributed by atoms with Crippen LogP contribution in [0.2, 0.25) is 0 Å². The van der Waals surface area contributed by atoms with Crippen molar-refractivity contribution in [1.82, 2.24) is 4.98 Å². The van der Waals surface area contributed by atoms with Crippen molar-refractivity contribution in [1.29, 1.82) is 0 Å². The molecule has 31 heavy (non-hydrogen) atoms. The minimum Gasteiger partial charge on any atom is -0.487 e. The van der Waals surface area contributed by atoms with E-state index in [-0.39, 0.29) is 11.2 Å². The molecular weight excluding hydrogens is 382 g/mol. The fraction of sp³-hybridized carbons (Fsp3) is 0.429. The van der Waals surface area contributed by atoms with E-state index in [2.05, 4.69) is 89.0 Å². The number of hydrogen-bond donors (Lipinski definition) is 1. The number of aromatic amines is 1. The lowest BCUT2D eigenvalue weighted by molar-refractivity contribution is 0.0122. The zero-order chi connectivity index (χ0) is 22.0. The Morgan fingerprint density at radius 2 is 1.90 bits per heavy atom. The standard InChI is InChI=1S/C28H33NO2/c1-17(2)28(13-9-18(3)10-14-28)30-20-7-8-21-23-15-19(4)26-22(11-12-27(5,6)31-26)25(23)29-24(21)16-20/h7-9,11-12,15-17,29H,10,13-14H2,1-6H3. The molecule has 2 aliphatic rings. The van der Waals surface area contributed by atoms with Gasteiger partial charge in [-0.3, -0.25) is 0 Å². The van der Waals surface area contributed by atoms with Gasteiger partial charge in [0.1, 0.15) is 22.7 Å². The van der Waals surface area contributed by atoms with Gasteiger partial charge in [0.15, 0.2) is 0 Å². The van der Waals surface area contributed by atoms with Crippen LogP contribution in [0.4, 0.5) is 0 Å². The molecule has 0 amide bonds. The van der Waals surface area contributed by atoms with Crippen LogP contribution in [-0.4, -0.2) is 16.2 Å². The SMILES string of the molecule is CC1=CCC(Oc2ccc3c(c2)[nH]c2c4c(c(C)cc23)OC(C)(C)C=C4)(C(C)C)CC1. The van der Waals surface area contributed by atoms with Crippen molar-refractivity contribution < 1.29 is 9.47 Å². The Hall–Kier alpha value is -2.68. The molecule has 2 heterocycles.